The monoisotopic (exact) mass is 284 g/mol. The lowest BCUT2D eigenvalue weighted by Gasteiger charge is -2.16. The molecule has 2 nitrogen and oxygen atoms in total. The zero-order chi connectivity index (χ0) is 14.4. The van der Waals surface area contributed by atoms with Crippen LogP contribution >= 0.6 is 11.8 Å². The minimum atomic E-state index is 0.245. The second-order valence-corrected chi connectivity index (χ2v) is 6.12. The summed E-state index contributed by atoms with van der Waals surface area (Å²) < 4.78 is 0. The van der Waals surface area contributed by atoms with Gasteiger partial charge in [-0.15, -0.1) is 11.8 Å². The third kappa shape index (κ3) is 4.42. The molecule has 0 heterocycles. The van der Waals surface area contributed by atoms with Crippen molar-refractivity contribution in [1.82, 2.24) is 0 Å². The van der Waals surface area contributed by atoms with Crippen LogP contribution in [0.4, 0.5) is 0 Å². The Hall–Kier alpha value is -1.74. The zero-order valence-corrected chi connectivity index (χ0v) is 12.5. The third-order valence-electron chi connectivity index (χ3n) is 3.11. The maximum absolute atomic E-state index is 7.56. The Morgan fingerprint density at radius 3 is 2.55 bits per heavy atom. The van der Waals surface area contributed by atoms with Crippen molar-refractivity contribution in [2.24, 2.45) is 5.73 Å². The molecule has 0 spiro atoms. The third-order valence-corrected chi connectivity index (χ3v) is 4.45. The molecule has 0 aliphatic rings. The molecule has 1 atom stereocenters. The van der Waals surface area contributed by atoms with Gasteiger partial charge in [0, 0.05) is 17.4 Å². The van der Waals surface area contributed by atoms with Crippen LogP contribution in [-0.4, -0.2) is 5.84 Å². The summed E-state index contributed by atoms with van der Waals surface area (Å²) in [6.07, 6.45) is 0.598. The molecule has 0 fully saturated rings. The van der Waals surface area contributed by atoms with Gasteiger partial charge in [-0.2, -0.15) is 0 Å². The predicted octanol–water partition coefficient (Wildman–Crippen LogP) is 4.30. The SMILES string of the molecule is Cc1cccc(CSC(CC(=N)N)c2ccccc2)c1. The number of hydrogen-bond acceptors (Lipinski definition) is 2. The predicted molar refractivity (Wildman–Crippen MR) is 88.2 cm³/mol. The van der Waals surface area contributed by atoms with Crippen LogP contribution in [0.1, 0.15) is 28.4 Å². The molecular weight excluding hydrogens is 264 g/mol. The number of nitrogens with one attached hydrogen (secondary N) is 1. The van der Waals surface area contributed by atoms with Crippen molar-refractivity contribution >= 4 is 17.6 Å². The molecule has 2 rings (SSSR count). The van der Waals surface area contributed by atoms with E-state index in [-0.39, 0.29) is 11.1 Å². The van der Waals surface area contributed by atoms with Crippen LogP contribution in [0.5, 0.6) is 0 Å². The summed E-state index contributed by atoms with van der Waals surface area (Å²) in [7, 11) is 0. The van der Waals surface area contributed by atoms with Crippen molar-refractivity contribution in [2.75, 3.05) is 0 Å². The second-order valence-electron chi connectivity index (χ2n) is 4.93. The Morgan fingerprint density at radius 2 is 1.90 bits per heavy atom. The minimum absolute atomic E-state index is 0.245. The molecule has 104 valence electrons. The van der Waals surface area contributed by atoms with Crippen LogP contribution in [0.25, 0.3) is 0 Å². The first-order chi connectivity index (χ1) is 9.65. The maximum atomic E-state index is 7.56. The molecule has 1 unspecified atom stereocenters. The Bertz CT molecular complexity index is 566. The fraction of sp³-hybridized carbons (Fsp3) is 0.235. The van der Waals surface area contributed by atoms with Crippen LogP contribution in [-0.2, 0) is 5.75 Å². The average molecular weight is 284 g/mol. The van der Waals surface area contributed by atoms with Gasteiger partial charge in [-0.05, 0) is 18.1 Å². The van der Waals surface area contributed by atoms with Crippen LogP contribution in [0.2, 0.25) is 0 Å². The number of hydrogen-bond donors (Lipinski definition) is 2. The van der Waals surface area contributed by atoms with Gasteiger partial charge in [0.1, 0.15) is 0 Å². The number of nitrogens with two attached hydrogens (primary N) is 1. The van der Waals surface area contributed by atoms with Crippen LogP contribution in [0.3, 0.4) is 0 Å². The summed E-state index contributed by atoms with van der Waals surface area (Å²) in [5, 5.41) is 7.80. The van der Waals surface area contributed by atoms with Crippen molar-refractivity contribution in [3.05, 3.63) is 71.3 Å². The highest BCUT2D eigenvalue weighted by Crippen LogP contribution is 2.34. The van der Waals surface area contributed by atoms with E-state index >= 15 is 0 Å². The average Bonchev–Trinajstić information content (AvgIpc) is 2.44. The van der Waals surface area contributed by atoms with E-state index in [2.05, 4.69) is 43.3 Å². The number of benzene rings is 2. The van der Waals surface area contributed by atoms with Crippen molar-refractivity contribution in [3.8, 4) is 0 Å². The minimum Gasteiger partial charge on any atom is -0.388 e. The summed E-state index contributed by atoms with van der Waals surface area (Å²) in [6, 6.07) is 18.9. The summed E-state index contributed by atoms with van der Waals surface area (Å²) in [5.41, 5.74) is 9.43. The van der Waals surface area contributed by atoms with E-state index < -0.39 is 0 Å². The van der Waals surface area contributed by atoms with Gasteiger partial charge < -0.3 is 5.73 Å². The van der Waals surface area contributed by atoms with E-state index in [1.807, 2.05) is 30.0 Å². The Labute approximate surface area is 124 Å². The summed E-state index contributed by atoms with van der Waals surface area (Å²) >= 11 is 1.84. The molecule has 0 aliphatic heterocycles. The lowest BCUT2D eigenvalue weighted by Crippen LogP contribution is -2.13. The fourth-order valence-corrected chi connectivity index (χ4v) is 3.36. The van der Waals surface area contributed by atoms with Gasteiger partial charge in [0.05, 0.1) is 5.84 Å². The molecule has 2 aromatic rings. The molecule has 3 N–H and O–H groups in total. The van der Waals surface area contributed by atoms with Gasteiger partial charge in [0.15, 0.2) is 0 Å². The van der Waals surface area contributed by atoms with Crippen molar-refractivity contribution in [1.29, 1.82) is 5.41 Å². The topological polar surface area (TPSA) is 49.9 Å². The smallest absolute Gasteiger partial charge is 0.0919 e. The van der Waals surface area contributed by atoms with Gasteiger partial charge in [-0.3, -0.25) is 5.41 Å². The Balaban J connectivity index is 2.07. The van der Waals surface area contributed by atoms with E-state index in [4.69, 9.17) is 11.1 Å². The summed E-state index contributed by atoms with van der Waals surface area (Å²) in [6.45, 7) is 2.11. The fourth-order valence-electron chi connectivity index (χ4n) is 2.14. The molecule has 0 saturated carbocycles. The zero-order valence-electron chi connectivity index (χ0n) is 11.7. The molecule has 0 radical (unpaired) electrons. The van der Waals surface area contributed by atoms with Gasteiger partial charge in [-0.1, -0.05) is 60.2 Å². The van der Waals surface area contributed by atoms with Gasteiger partial charge in [0.2, 0.25) is 0 Å². The lowest BCUT2D eigenvalue weighted by molar-refractivity contribution is 0.984. The van der Waals surface area contributed by atoms with Gasteiger partial charge in [0.25, 0.3) is 0 Å². The van der Waals surface area contributed by atoms with Crippen LogP contribution < -0.4 is 5.73 Å². The normalized spacial score (nSPS) is 12.1. The molecule has 0 bridgehead atoms. The Morgan fingerprint density at radius 1 is 1.15 bits per heavy atom. The summed E-state index contributed by atoms with van der Waals surface area (Å²) in [4.78, 5) is 0. The Kier molecular flexibility index (Phi) is 5.24. The molecule has 20 heavy (non-hydrogen) atoms. The van der Waals surface area contributed by atoms with Crippen LogP contribution in [0.15, 0.2) is 54.6 Å². The number of thioether (sulfide) groups is 1. The lowest BCUT2D eigenvalue weighted by atomic mass is 10.1. The standard InChI is InChI=1S/C17H20N2S/c1-13-6-5-7-14(10-13)12-20-16(11-17(18)19)15-8-3-2-4-9-15/h2-10,16H,11-12H2,1H3,(H3,18,19). The molecule has 0 aliphatic carbocycles. The highest BCUT2D eigenvalue weighted by Gasteiger charge is 2.13. The highest BCUT2D eigenvalue weighted by molar-refractivity contribution is 7.98. The van der Waals surface area contributed by atoms with E-state index in [9.17, 15) is 0 Å². The quantitative estimate of drug-likeness (QED) is 0.614. The van der Waals surface area contributed by atoms with Gasteiger partial charge >= 0.3 is 0 Å². The largest absolute Gasteiger partial charge is 0.388 e. The molecule has 0 amide bonds. The number of rotatable bonds is 6. The van der Waals surface area contributed by atoms with E-state index in [1.165, 1.54) is 16.7 Å². The van der Waals surface area contributed by atoms with E-state index in [1.54, 1.807) is 0 Å². The first-order valence-electron chi connectivity index (χ1n) is 6.70. The van der Waals surface area contributed by atoms with E-state index in [0.717, 1.165) is 5.75 Å². The van der Waals surface area contributed by atoms with Gasteiger partial charge in [-0.25, -0.2) is 0 Å². The van der Waals surface area contributed by atoms with Crippen molar-refractivity contribution in [3.63, 3.8) is 0 Å². The molecule has 2 aromatic carbocycles. The summed E-state index contributed by atoms with van der Waals surface area (Å²) in [5.74, 6) is 1.18. The van der Waals surface area contributed by atoms with Crippen molar-refractivity contribution in [2.45, 2.75) is 24.3 Å². The number of aryl methyl sites for hydroxylation is 1. The second kappa shape index (κ2) is 7.15. The first-order valence-corrected chi connectivity index (χ1v) is 7.75. The molecule has 3 heteroatoms. The molecular formula is C17H20N2S. The highest BCUT2D eigenvalue weighted by atomic mass is 32.2. The maximum Gasteiger partial charge on any atom is 0.0919 e. The van der Waals surface area contributed by atoms with Crippen LogP contribution in [0, 0.1) is 12.3 Å². The van der Waals surface area contributed by atoms with Crippen molar-refractivity contribution < 1.29 is 0 Å². The molecule has 0 saturated heterocycles. The van der Waals surface area contributed by atoms with E-state index in [0.29, 0.717) is 6.42 Å². The number of amidine groups is 1. The first kappa shape index (κ1) is 14.7. The molecule has 0 aromatic heterocycles.